The minimum atomic E-state index is -0.392. The zero-order chi connectivity index (χ0) is 11.7. The second-order valence-electron chi connectivity index (χ2n) is 2.75. The van der Waals surface area contributed by atoms with E-state index in [0.717, 1.165) is 0 Å². The molecule has 3 amide bonds. The van der Waals surface area contributed by atoms with Crippen LogP contribution in [0.2, 0.25) is 0 Å². The number of hydrogen-bond acceptors (Lipinski definition) is 4. The third-order valence-electron chi connectivity index (χ3n) is 1.58. The van der Waals surface area contributed by atoms with Crippen molar-refractivity contribution in [1.29, 1.82) is 0 Å². The van der Waals surface area contributed by atoms with Crippen LogP contribution in [0.15, 0.2) is 0 Å². The Hall–Kier alpha value is -1.63. The number of carbonyl (C=O) groups is 3. The van der Waals surface area contributed by atoms with Gasteiger partial charge < -0.3 is 21.7 Å². The highest BCUT2D eigenvalue weighted by atomic mass is 16.2. The molecule has 0 fully saturated rings. The molecule has 0 heterocycles. The minimum Gasteiger partial charge on any atom is -0.359 e. The molecular weight excluding hydrogens is 200 g/mol. The Morgan fingerprint density at radius 3 is 2.27 bits per heavy atom. The lowest BCUT2D eigenvalue weighted by atomic mass is 10.4. The van der Waals surface area contributed by atoms with Gasteiger partial charge in [-0.3, -0.25) is 14.4 Å². The Morgan fingerprint density at radius 2 is 1.73 bits per heavy atom. The molecule has 0 saturated carbocycles. The predicted octanol–water partition coefficient (Wildman–Crippen LogP) is -2.69. The van der Waals surface area contributed by atoms with Gasteiger partial charge in [-0.25, -0.2) is 0 Å². The molecule has 0 bridgehead atoms. The molecule has 0 radical (unpaired) electrons. The summed E-state index contributed by atoms with van der Waals surface area (Å²) in [5.41, 5.74) is 5.02. The number of nitrogens with two attached hydrogens (primary N) is 1. The van der Waals surface area contributed by atoms with Crippen LogP contribution in [0.25, 0.3) is 0 Å². The van der Waals surface area contributed by atoms with Crippen molar-refractivity contribution < 1.29 is 14.4 Å². The lowest BCUT2D eigenvalue weighted by Crippen LogP contribution is -2.40. The van der Waals surface area contributed by atoms with Crippen LogP contribution in [0.1, 0.15) is 6.42 Å². The average Bonchev–Trinajstić information content (AvgIpc) is 2.25. The van der Waals surface area contributed by atoms with E-state index in [2.05, 4.69) is 16.0 Å². The first-order valence-corrected chi connectivity index (χ1v) is 4.54. The van der Waals surface area contributed by atoms with Crippen LogP contribution in [-0.2, 0) is 14.4 Å². The molecule has 0 unspecified atom stereocenters. The summed E-state index contributed by atoms with van der Waals surface area (Å²) in [7, 11) is 1.52. The van der Waals surface area contributed by atoms with Gasteiger partial charge in [0.05, 0.1) is 13.1 Å². The molecule has 0 aliphatic heterocycles. The third kappa shape index (κ3) is 7.44. The summed E-state index contributed by atoms with van der Waals surface area (Å²) in [6.45, 7) is -0.0215. The maximum absolute atomic E-state index is 11.0. The van der Waals surface area contributed by atoms with Crippen LogP contribution in [0.5, 0.6) is 0 Å². The zero-order valence-corrected chi connectivity index (χ0v) is 8.63. The van der Waals surface area contributed by atoms with Gasteiger partial charge in [-0.15, -0.1) is 0 Å². The molecular formula is C8H16N4O3. The summed E-state index contributed by atoms with van der Waals surface area (Å²) < 4.78 is 0. The van der Waals surface area contributed by atoms with Crippen molar-refractivity contribution in [3.05, 3.63) is 0 Å². The Morgan fingerprint density at radius 1 is 1.07 bits per heavy atom. The normalized spacial score (nSPS) is 9.20. The maximum Gasteiger partial charge on any atom is 0.239 e. The van der Waals surface area contributed by atoms with Crippen molar-refractivity contribution >= 4 is 17.7 Å². The first-order valence-electron chi connectivity index (χ1n) is 4.54. The largest absolute Gasteiger partial charge is 0.359 e. The van der Waals surface area contributed by atoms with E-state index < -0.39 is 5.91 Å². The number of hydrogen-bond donors (Lipinski definition) is 4. The molecule has 0 rings (SSSR count). The summed E-state index contributed by atoms with van der Waals surface area (Å²) in [6, 6.07) is 0. The number of carbonyl (C=O) groups excluding carboxylic acids is 3. The summed E-state index contributed by atoms with van der Waals surface area (Å²) in [4.78, 5) is 32.5. The van der Waals surface area contributed by atoms with Gasteiger partial charge in [-0.1, -0.05) is 0 Å². The van der Waals surface area contributed by atoms with Gasteiger partial charge >= 0.3 is 0 Å². The van der Waals surface area contributed by atoms with Gasteiger partial charge in [0, 0.05) is 20.0 Å². The van der Waals surface area contributed by atoms with Crippen LogP contribution in [0, 0.1) is 0 Å². The fourth-order valence-corrected chi connectivity index (χ4v) is 0.754. The highest BCUT2D eigenvalue weighted by molar-refractivity contribution is 5.85. The Labute approximate surface area is 87.8 Å². The zero-order valence-electron chi connectivity index (χ0n) is 8.63. The van der Waals surface area contributed by atoms with Gasteiger partial charge in [0.25, 0.3) is 0 Å². The fourth-order valence-electron chi connectivity index (χ4n) is 0.754. The SMILES string of the molecule is CNC(=O)CCNC(=O)CNC(=O)CN. The van der Waals surface area contributed by atoms with Crippen LogP contribution in [-0.4, -0.2) is 44.4 Å². The standard InChI is InChI=1S/C8H16N4O3/c1-10-6(13)2-3-11-8(15)5-12-7(14)4-9/h2-5,9H2,1H3,(H,10,13)(H,11,15)(H,12,14). The molecule has 5 N–H and O–H groups in total. The molecule has 0 spiro atoms. The summed E-state index contributed by atoms with van der Waals surface area (Å²) >= 11 is 0. The quantitative estimate of drug-likeness (QED) is 0.387. The van der Waals surface area contributed by atoms with Crippen molar-refractivity contribution in [1.82, 2.24) is 16.0 Å². The molecule has 0 aliphatic rings. The summed E-state index contributed by atoms with van der Waals surface area (Å²) in [6.07, 6.45) is 0.215. The van der Waals surface area contributed by atoms with E-state index >= 15 is 0 Å². The molecule has 86 valence electrons. The topological polar surface area (TPSA) is 113 Å². The molecule has 0 aliphatic carbocycles. The van der Waals surface area contributed by atoms with Crippen LogP contribution in [0.3, 0.4) is 0 Å². The Bertz CT molecular complexity index is 242. The van der Waals surface area contributed by atoms with Crippen molar-refractivity contribution in [2.75, 3.05) is 26.7 Å². The van der Waals surface area contributed by atoms with E-state index in [-0.39, 0.29) is 37.9 Å². The van der Waals surface area contributed by atoms with Gasteiger partial charge in [-0.05, 0) is 0 Å². The fraction of sp³-hybridized carbons (Fsp3) is 0.625. The van der Waals surface area contributed by atoms with Crippen molar-refractivity contribution in [2.45, 2.75) is 6.42 Å². The highest BCUT2D eigenvalue weighted by Gasteiger charge is 2.04. The van der Waals surface area contributed by atoms with E-state index in [4.69, 9.17) is 5.73 Å². The van der Waals surface area contributed by atoms with Crippen LogP contribution >= 0.6 is 0 Å². The first kappa shape index (κ1) is 13.4. The van der Waals surface area contributed by atoms with E-state index in [1.54, 1.807) is 0 Å². The second-order valence-corrected chi connectivity index (χ2v) is 2.75. The smallest absolute Gasteiger partial charge is 0.239 e. The van der Waals surface area contributed by atoms with Gasteiger partial charge in [0.15, 0.2) is 0 Å². The molecule has 7 heteroatoms. The molecule has 0 aromatic carbocycles. The minimum absolute atomic E-state index is 0.121. The lowest BCUT2D eigenvalue weighted by Gasteiger charge is -2.05. The molecule has 15 heavy (non-hydrogen) atoms. The molecule has 7 nitrogen and oxygen atoms in total. The van der Waals surface area contributed by atoms with E-state index in [9.17, 15) is 14.4 Å². The number of amides is 3. The van der Waals surface area contributed by atoms with Gasteiger partial charge in [0.2, 0.25) is 17.7 Å². The van der Waals surface area contributed by atoms with Crippen molar-refractivity contribution in [3.63, 3.8) is 0 Å². The molecule has 0 aromatic heterocycles. The highest BCUT2D eigenvalue weighted by Crippen LogP contribution is 1.75. The lowest BCUT2D eigenvalue weighted by molar-refractivity contribution is -0.125. The molecule has 0 aromatic rings. The maximum atomic E-state index is 11.0. The summed E-state index contributed by atoms with van der Waals surface area (Å²) in [5, 5.41) is 7.20. The first-order chi connectivity index (χ1) is 7.10. The van der Waals surface area contributed by atoms with Crippen molar-refractivity contribution in [2.24, 2.45) is 5.73 Å². The number of nitrogens with one attached hydrogen (secondary N) is 3. The van der Waals surface area contributed by atoms with E-state index in [0.29, 0.717) is 0 Å². The van der Waals surface area contributed by atoms with Gasteiger partial charge in [0.1, 0.15) is 0 Å². The number of rotatable bonds is 6. The van der Waals surface area contributed by atoms with Gasteiger partial charge in [-0.2, -0.15) is 0 Å². The Balaban J connectivity index is 3.49. The van der Waals surface area contributed by atoms with E-state index in [1.807, 2.05) is 0 Å². The summed E-state index contributed by atoms with van der Waals surface area (Å²) in [5.74, 6) is -0.890. The van der Waals surface area contributed by atoms with E-state index in [1.165, 1.54) is 7.05 Å². The van der Waals surface area contributed by atoms with Crippen molar-refractivity contribution in [3.8, 4) is 0 Å². The Kier molecular flexibility index (Phi) is 6.90. The van der Waals surface area contributed by atoms with Crippen LogP contribution < -0.4 is 21.7 Å². The second kappa shape index (κ2) is 7.74. The third-order valence-corrected chi connectivity index (χ3v) is 1.58. The monoisotopic (exact) mass is 216 g/mol. The molecule has 0 atom stereocenters. The molecule has 0 saturated heterocycles. The average molecular weight is 216 g/mol. The predicted molar refractivity (Wildman–Crippen MR) is 53.8 cm³/mol. The van der Waals surface area contributed by atoms with Crippen LogP contribution in [0.4, 0.5) is 0 Å².